The number of aromatic carboxylic acids is 1. The van der Waals surface area contributed by atoms with Crippen LogP contribution in [0.2, 0.25) is 0 Å². The Balaban J connectivity index is 2.78. The van der Waals surface area contributed by atoms with Crippen molar-refractivity contribution in [2.45, 2.75) is 6.92 Å². The van der Waals surface area contributed by atoms with Gasteiger partial charge in [0.15, 0.2) is 0 Å². The normalized spacial score (nSPS) is 11.2. The number of hydrogen-bond acceptors (Lipinski definition) is 1. The lowest BCUT2D eigenvalue weighted by molar-refractivity contribution is 0.0697. The van der Waals surface area contributed by atoms with Crippen LogP contribution in [0.1, 0.15) is 22.8 Å². The quantitative estimate of drug-likeness (QED) is 0.740. The van der Waals surface area contributed by atoms with Gasteiger partial charge in [0.1, 0.15) is 0 Å². The highest BCUT2D eigenvalue weighted by molar-refractivity contribution is 5.87. The van der Waals surface area contributed by atoms with Crippen LogP contribution in [0.3, 0.4) is 0 Å². The highest BCUT2D eigenvalue weighted by Gasteiger charge is 1.99. The van der Waals surface area contributed by atoms with Crippen molar-refractivity contribution in [2.24, 2.45) is 0 Å². The molecule has 72 valence electrons. The first kappa shape index (κ1) is 10.3. The molecule has 14 heavy (non-hydrogen) atoms. The van der Waals surface area contributed by atoms with Crippen molar-refractivity contribution in [1.82, 2.24) is 0 Å². The summed E-state index contributed by atoms with van der Waals surface area (Å²) in [7, 11) is 0. The fraction of sp³-hybridized carbons (Fsp3) is 0.0833. The Morgan fingerprint density at radius 1 is 1.21 bits per heavy atom. The van der Waals surface area contributed by atoms with Crippen molar-refractivity contribution in [3.63, 3.8) is 0 Å². The first-order chi connectivity index (χ1) is 6.74. The zero-order chi connectivity index (χ0) is 10.4. The van der Waals surface area contributed by atoms with Gasteiger partial charge in [-0.15, -0.1) is 0 Å². The van der Waals surface area contributed by atoms with E-state index in [-0.39, 0.29) is 0 Å². The third-order valence-electron chi connectivity index (χ3n) is 1.75. The zero-order valence-electron chi connectivity index (χ0n) is 7.97. The van der Waals surface area contributed by atoms with E-state index >= 15 is 0 Å². The van der Waals surface area contributed by atoms with Crippen LogP contribution < -0.4 is 0 Å². The third-order valence-corrected chi connectivity index (χ3v) is 1.75. The second kappa shape index (κ2) is 5.02. The molecule has 2 nitrogen and oxygen atoms in total. The Hall–Kier alpha value is -1.83. The van der Waals surface area contributed by atoms with E-state index in [1.807, 2.05) is 31.2 Å². The maximum Gasteiger partial charge on any atom is 0.335 e. The summed E-state index contributed by atoms with van der Waals surface area (Å²) in [5.74, 6) is -0.894. The highest BCUT2D eigenvalue weighted by atomic mass is 16.4. The molecule has 0 saturated heterocycles. The molecule has 1 N–H and O–H groups in total. The molecule has 0 fully saturated rings. The molecule has 1 aromatic rings. The molecule has 0 aromatic heterocycles. The van der Waals surface area contributed by atoms with Gasteiger partial charge >= 0.3 is 5.97 Å². The Kier molecular flexibility index (Phi) is 3.68. The average molecular weight is 188 g/mol. The summed E-state index contributed by atoms with van der Waals surface area (Å²) < 4.78 is 0. The maximum atomic E-state index is 10.5. The van der Waals surface area contributed by atoms with Crippen LogP contribution in [-0.2, 0) is 0 Å². The average Bonchev–Trinajstić information content (AvgIpc) is 2.19. The first-order valence-corrected chi connectivity index (χ1v) is 4.37. The largest absolute Gasteiger partial charge is 0.478 e. The maximum absolute atomic E-state index is 10.5. The van der Waals surface area contributed by atoms with Crippen LogP contribution in [0.15, 0.2) is 42.5 Å². The smallest absolute Gasteiger partial charge is 0.335 e. The summed E-state index contributed by atoms with van der Waals surface area (Å²) in [4.78, 5) is 10.5. The van der Waals surface area contributed by atoms with Gasteiger partial charge in [0, 0.05) is 0 Å². The minimum absolute atomic E-state index is 0.313. The summed E-state index contributed by atoms with van der Waals surface area (Å²) in [5.41, 5.74) is 1.31. The van der Waals surface area contributed by atoms with Gasteiger partial charge in [0.25, 0.3) is 0 Å². The van der Waals surface area contributed by atoms with E-state index in [9.17, 15) is 4.79 Å². The van der Waals surface area contributed by atoms with Gasteiger partial charge in [-0.25, -0.2) is 4.79 Å². The Morgan fingerprint density at radius 2 is 1.86 bits per heavy atom. The monoisotopic (exact) mass is 188 g/mol. The number of carbonyl (C=O) groups is 1. The SMILES string of the molecule is CC=CC=Cc1ccc(C(=O)O)cc1. The standard InChI is InChI=1S/C12H12O2/c1-2-3-4-5-10-6-8-11(9-7-10)12(13)14/h2-9H,1H3,(H,13,14). The van der Waals surface area contributed by atoms with Gasteiger partial charge in [0.05, 0.1) is 5.56 Å². The number of hydrogen-bond donors (Lipinski definition) is 1. The fourth-order valence-electron chi connectivity index (χ4n) is 1.01. The molecule has 0 aliphatic carbocycles. The lowest BCUT2D eigenvalue weighted by Crippen LogP contribution is -1.94. The van der Waals surface area contributed by atoms with Crippen LogP contribution in [0, 0.1) is 0 Å². The molecule has 0 unspecified atom stereocenters. The van der Waals surface area contributed by atoms with E-state index in [0.29, 0.717) is 5.56 Å². The van der Waals surface area contributed by atoms with E-state index in [1.54, 1.807) is 24.3 Å². The van der Waals surface area contributed by atoms with Gasteiger partial charge in [-0.1, -0.05) is 36.4 Å². The Morgan fingerprint density at radius 3 is 2.36 bits per heavy atom. The van der Waals surface area contributed by atoms with E-state index in [1.165, 1.54) is 0 Å². The lowest BCUT2D eigenvalue weighted by Gasteiger charge is -1.94. The molecule has 0 spiro atoms. The molecule has 2 heteroatoms. The number of carboxylic acid groups (broad SMARTS) is 1. The van der Waals surface area contributed by atoms with Gasteiger partial charge in [-0.2, -0.15) is 0 Å². The van der Waals surface area contributed by atoms with Crippen molar-refractivity contribution < 1.29 is 9.90 Å². The fourth-order valence-corrected chi connectivity index (χ4v) is 1.01. The topological polar surface area (TPSA) is 37.3 Å². The van der Waals surface area contributed by atoms with Crippen molar-refractivity contribution in [3.8, 4) is 0 Å². The molecular weight excluding hydrogens is 176 g/mol. The molecule has 0 heterocycles. The zero-order valence-corrected chi connectivity index (χ0v) is 7.97. The second-order valence-electron chi connectivity index (χ2n) is 2.81. The molecule has 0 radical (unpaired) electrons. The molecule has 1 aromatic carbocycles. The lowest BCUT2D eigenvalue weighted by atomic mass is 10.1. The molecule has 0 saturated carbocycles. The van der Waals surface area contributed by atoms with E-state index in [0.717, 1.165) is 5.56 Å². The molecule has 0 aliphatic rings. The summed E-state index contributed by atoms with van der Waals surface area (Å²) in [6.45, 7) is 1.94. The first-order valence-electron chi connectivity index (χ1n) is 4.37. The van der Waals surface area contributed by atoms with Crippen molar-refractivity contribution in [1.29, 1.82) is 0 Å². The van der Waals surface area contributed by atoms with Gasteiger partial charge in [-0.05, 0) is 24.6 Å². The number of rotatable bonds is 3. The predicted molar refractivity (Wildman–Crippen MR) is 57.2 cm³/mol. The van der Waals surface area contributed by atoms with Crippen molar-refractivity contribution in [3.05, 3.63) is 53.6 Å². The summed E-state index contributed by atoms with van der Waals surface area (Å²) >= 11 is 0. The van der Waals surface area contributed by atoms with Crippen LogP contribution in [0.25, 0.3) is 6.08 Å². The molecule has 0 amide bonds. The predicted octanol–water partition coefficient (Wildman–Crippen LogP) is 2.97. The summed E-state index contributed by atoms with van der Waals surface area (Å²) in [5, 5.41) is 8.66. The molecule has 0 atom stereocenters. The van der Waals surface area contributed by atoms with Crippen molar-refractivity contribution >= 4 is 12.0 Å². The van der Waals surface area contributed by atoms with Gasteiger partial charge in [0.2, 0.25) is 0 Å². The minimum Gasteiger partial charge on any atom is -0.478 e. The van der Waals surface area contributed by atoms with E-state index in [4.69, 9.17) is 5.11 Å². The summed E-state index contributed by atoms with van der Waals surface area (Å²) in [6, 6.07) is 6.75. The van der Waals surface area contributed by atoms with E-state index in [2.05, 4.69) is 0 Å². The summed E-state index contributed by atoms with van der Waals surface area (Å²) in [6.07, 6.45) is 7.69. The third kappa shape index (κ3) is 2.90. The molecule has 1 rings (SSSR count). The van der Waals surface area contributed by atoms with Gasteiger partial charge in [-0.3, -0.25) is 0 Å². The number of benzene rings is 1. The molecular formula is C12H12O2. The Bertz CT molecular complexity index is 358. The molecule has 0 bridgehead atoms. The van der Waals surface area contributed by atoms with Gasteiger partial charge < -0.3 is 5.11 Å². The number of carboxylic acids is 1. The van der Waals surface area contributed by atoms with E-state index < -0.39 is 5.97 Å². The Labute approximate surface area is 83.2 Å². The van der Waals surface area contributed by atoms with Crippen molar-refractivity contribution in [2.75, 3.05) is 0 Å². The van der Waals surface area contributed by atoms with Crippen LogP contribution in [0.4, 0.5) is 0 Å². The molecule has 0 aliphatic heterocycles. The van der Waals surface area contributed by atoms with Crippen LogP contribution in [-0.4, -0.2) is 11.1 Å². The van der Waals surface area contributed by atoms with Crippen LogP contribution >= 0.6 is 0 Å². The van der Waals surface area contributed by atoms with Crippen LogP contribution in [0.5, 0.6) is 0 Å². The highest BCUT2D eigenvalue weighted by Crippen LogP contribution is 2.06. The minimum atomic E-state index is -0.894. The number of allylic oxidation sites excluding steroid dienone is 3. The second-order valence-corrected chi connectivity index (χ2v) is 2.81.